The Bertz CT molecular complexity index is 628. The summed E-state index contributed by atoms with van der Waals surface area (Å²) in [5.74, 6) is 0.744. The van der Waals surface area contributed by atoms with Gasteiger partial charge in [-0.25, -0.2) is 4.79 Å². The lowest BCUT2D eigenvalue weighted by Crippen LogP contribution is -2.41. The normalized spacial score (nSPS) is 18.2. The van der Waals surface area contributed by atoms with Crippen molar-refractivity contribution in [2.24, 2.45) is 5.92 Å². The molecule has 2 heterocycles. The molecule has 0 atom stereocenters. The lowest BCUT2D eigenvalue weighted by atomic mass is 9.92. The van der Waals surface area contributed by atoms with E-state index in [4.69, 9.17) is 4.74 Å². The van der Waals surface area contributed by atoms with Crippen molar-refractivity contribution in [3.8, 4) is 0 Å². The first-order valence-electron chi connectivity index (χ1n) is 10.1. The Hall–Kier alpha value is -1.71. The third-order valence-corrected chi connectivity index (χ3v) is 5.66. The predicted molar refractivity (Wildman–Crippen MR) is 107 cm³/mol. The predicted octanol–water partition coefficient (Wildman–Crippen LogP) is 4.78. The number of hydrogen-bond donors (Lipinski definition) is 0. The van der Waals surface area contributed by atoms with E-state index in [1.165, 1.54) is 36.1 Å². The Balaban J connectivity index is 1.39. The molecule has 1 saturated heterocycles. The Morgan fingerprint density at radius 3 is 2.62 bits per heavy atom. The summed E-state index contributed by atoms with van der Waals surface area (Å²) in [6.07, 6.45) is 5.75. The van der Waals surface area contributed by atoms with Gasteiger partial charge >= 0.3 is 6.09 Å². The van der Waals surface area contributed by atoms with Gasteiger partial charge in [0.2, 0.25) is 0 Å². The molecule has 4 heteroatoms. The Morgan fingerprint density at radius 1 is 1.19 bits per heavy atom. The van der Waals surface area contributed by atoms with Crippen LogP contribution in [0.1, 0.15) is 57.6 Å². The lowest BCUT2D eigenvalue weighted by Gasteiger charge is -2.33. The first-order valence-corrected chi connectivity index (χ1v) is 10.1. The zero-order valence-electron chi connectivity index (χ0n) is 16.9. The average Bonchev–Trinajstić information content (AvgIpc) is 2.99. The number of benzene rings is 1. The van der Waals surface area contributed by atoms with E-state index in [0.717, 1.165) is 44.9 Å². The number of hydrogen-bond acceptors (Lipinski definition) is 3. The number of amides is 1. The van der Waals surface area contributed by atoms with Gasteiger partial charge in [-0.15, -0.1) is 0 Å². The minimum absolute atomic E-state index is 0.153. The van der Waals surface area contributed by atoms with Gasteiger partial charge < -0.3 is 14.5 Å². The van der Waals surface area contributed by atoms with E-state index >= 15 is 0 Å². The first kappa shape index (κ1) is 19.1. The van der Waals surface area contributed by atoms with E-state index in [1.54, 1.807) is 0 Å². The van der Waals surface area contributed by atoms with Gasteiger partial charge in [0.15, 0.2) is 0 Å². The minimum Gasteiger partial charge on any atom is -0.444 e. The summed E-state index contributed by atoms with van der Waals surface area (Å²) >= 11 is 0. The minimum atomic E-state index is -0.404. The molecule has 0 aliphatic carbocycles. The van der Waals surface area contributed by atoms with E-state index in [9.17, 15) is 4.79 Å². The second-order valence-corrected chi connectivity index (χ2v) is 8.86. The van der Waals surface area contributed by atoms with Crippen LogP contribution in [-0.2, 0) is 11.2 Å². The van der Waals surface area contributed by atoms with Crippen LogP contribution in [0.3, 0.4) is 0 Å². The highest BCUT2D eigenvalue weighted by Gasteiger charge is 2.27. The van der Waals surface area contributed by atoms with Crippen molar-refractivity contribution in [2.45, 2.75) is 65.4 Å². The Kier molecular flexibility index (Phi) is 5.79. The van der Waals surface area contributed by atoms with Crippen LogP contribution in [0, 0.1) is 12.8 Å². The molecule has 1 aromatic carbocycles. The van der Waals surface area contributed by atoms with Crippen LogP contribution >= 0.6 is 0 Å². The second kappa shape index (κ2) is 7.89. The van der Waals surface area contributed by atoms with Crippen LogP contribution < -0.4 is 4.90 Å². The lowest BCUT2D eigenvalue weighted by molar-refractivity contribution is 0.0181. The number of carbonyl (C=O) groups is 1. The van der Waals surface area contributed by atoms with Crippen LogP contribution in [0.2, 0.25) is 0 Å². The highest BCUT2D eigenvalue weighted by molar-refractivity contribution is 5.68. The highest BCUT2D eigenvalue weighted by Crippen LogP contribution is 2.31. The number of carbonyl (C=O) groups excluding carboxylic acids is 1. The summed E-state index contributed by atoms with van der Waals surface area (Å²) in [6.45, 7) is 12.0. The van der Waals surface area contributed by atoms with Crippen LogP contribution in [0.25, 0.3) is 0 Å². The molecular weight excluding hydrogens is 324 g/mol. The van der Waals surface area contributed by atoms with Gasteiger partial charge in [0.05, 0.1) is 0 Å². The molecule has 0 bridgehead atoms. The number of fused-ring (bicyclic) bond motifs is 1. The molecule has 0 aromatic heterocycles. The quantitative estimate of drug-likeness (QED) is 0.776. The molecule has 0 unspecified atom stereocenters. The van der Waals surface area contributed by atoms with Crippen LogP contribution in [0.15, 0.2) is 18.2 Å². The molecule has 0 radical (unpaired) electrons. The van der Waals surface area contributed by atoms with E-state index in [1.807, 2.05) is 25.7 Å². The summed E-state index contributed by atoms with van der Waals surface area (Å²) in [6, 6.07) is 6.67. The zero-order valence-corrected chi connectivity index (χ0v) is 16.9. The topological polar surface area (TPSA) is 32.8 Å². The SMILES string of the molecule is Cc1cccc2c1CCN2CCCC1CCN(C(=O)OC(C)(C)C)CC1. The fraction of sp³-hybridized carbons (Fsp3) is 0.682. The molecule has 144 valence electrons. The third kappa shape index (κ3) is 4.72. The molecule has 0 saturated carbocycles. The largest absolute Gasteiger partial charge is 0.444 e. The van der Waals surface area contributed by atoms with E-state index < -0.39 is 5.60 Å². The molecule has 0 spiro atoms. The van der Waals surface area contributed by atoms with E-state index in [2.05, 4.69) is 30.0 Å². The zero-order chi connectivity index (χ0) is 18.7. The summed E-state index contributed by atoms with van der Waals surface area (Å²) < 4.78 is 5.48. The summed E-state index contributed by atoms with van der Waals surface area (Å²) in [4.78, 5) is 16.6. The number of rotatable bonds is 4. The standard InChI is InChI=1S/C22H34N2O2/c1-17-7-5-9-20-19(17)12-16-23(20)13-6-8-18-10-14-24(15-11-18)21(25)26-22(2,3)4/h5,7,9,18H,6,8,10-16H2,1-4H3. The Morgan fingerprint density at radius 2 is 1.92 bits per heavy atom. The monoisotopic (exact) mass is 358 g/mol. The fourth-order valence-corrected chi connectivity index (χ4v) is 4.21. The van der Waals surface area contributed by atoms with Gasteiger partial charge in [0, 0.05) is 31.9 Å². The molecule has 3 rings (SSSR count). The van der Waals surface area contributed by atoms with Crippen molar-refractivity contribution in [3.63, 3.8) is 0 Å². The molecule has 1 amide bonds. The first-order chi connectivity index (χ1) is 12.3. The van der Waals surface area contributed by atoms with Gasteiger partial charge in [-0.3, -0.25) is 0 Å². The number of aryl methyl sites for hydroxylation is 1. The number of nitrogens with zero attached hydrogens (tertiary/aromatic N) is 2. The molecule has 4 nitrogen and oxygen atoms in total. The van der Waals surface area contributed by atoms with E-state index in [-0.39, 0.29) is 6.09 Å². The Labute approximate surface area is 158 Å². The van der Waals surface area contributed by atoms with Crippen LogP contribution in [0.5, 0.6) is 0 Å². The van der Waals surface area contributed by atoms with Crippen LogP contribution in [-0.4, -0.2) is 42.8 Å². The summed E-state index contributed by atoms with van der Waals surface area (Å²) in [5.41, 5.74) is 4.01. The van der Waals surface area contributed by atoms with Gasteiger partial charge in [0.25, 0.3) is 0 Å². The number of ether oxygens (including phenoxy) is 1. The summed E-state index contributed by atoms with van der Waals surface area (Å²) in [7, 11) is 0. The number of piperidine rings is 1. The van der Waals surface area contributed by atoms with Gasteiger partial charge in [-0.1, -0.05) is 12.1 Å². The van der Waals surface area contributed by atoms with E-state index in [0.29, 0.717) is 0 Å². The van der Waals surface area contributed by atoms with Gasteiger partial charge in [-0.05, 0) is 82.9 Å². The average molecular weight is 359 g/mol. The summed E-state index contributed by atoms with van der Waals surface area (Å²) in [5, 5.41) is 0. The second-order valence-electron chi connectivity index (χ2n) is 8.86. The van der Waals surface area contributed by atoms with Crippen molar-refractivity contribution >= 4 is 11.8 Å². The maximum Gasteiger partial charge on any atom is 0.410 e. The maximum absolute atomic E-state index is 12.1. The molecule has 0 N–H and O–H groups in total. The molecule has 2 aliphatic rings. The van der Waals surface area contributed by atoms with Crippen molar-refractivity contribution < 1.29 is 9.53 Å². The fourth-order valence-electron chi connectivity index (χ4n) is 4.21. The third-order valence-electron chi connectivity index (χ3n) is 5.66. The molecule has 1 aromatic rings. The highest BCUT2D eigenvalue weighted by atomic mass is 16.6. The van der Waals surface area contributed by atoms with Crippen molar-refractivity contribution in [3.05, 3.63) is 29.3 Å². The van der Waals surface area contributed by atoms with Crippen LogP contribution in [0.4, 0.5) is 10.5 Å². The maximum atomic E-state index is 12.1. The molecule has 26 heavy (non-hydrogen) atoms. The molecule has 2 aliphatic heterocycles. The van der Waals surface area contributed by atoms with Crippen molar-refractivity contribution in [2.75, 3.05) is 31.1 Å². The van der Waals surface area contributed by atoms with Crippen molar-refractivity contribution in [1.29, 1.82) is 0 Å². The van der Waals surface area contributed by atoms with Gasteiger partial charge in [0.1, 0.15) is 5.60 Å². The van der Waals surface area contributed by atoms with Gasteiger partial charge in [-0.2, -0.15) is 0 Å². The number of anilines is 1. The smallest absolute Gasteiger partial charge is 0.410 e. The molecule has 1 fully saturated rings. The molecular formula is C22H34N2O2. The van der Waals surface area contributed by atoms with Crippen molar-refractivity contribution in [1.82, 2.24) is 4.90 Å². The number of likely N-dealkylation sites (tertiary alicyclic amines) is 1.